The molecule has 2 aromatic heterocycles. The Labute approximate surface area is 91.1 Å². The molecule has 0 saturated carbocycles. The van der Waals surface area contributed by atoms with E-state index >= 15 is 0 Å². The van der Waals surface area contributed by atoms with Gasteiger partial charge in [0.25, 0.3) is 0 Å². The minimum Gasteiger partial charge on any atom is -0.461 e. The number of aromatic nitrogens is 2. The molecular formula is C10H10N2O2S. The number of hydrogen-bond acceptors (Lipinski definition) is 5. The van der Waals surface area contributed by atoms with Gasteiger partial charge in [-0.25, -0.2) is 0 Å². The molecule has 15 heavy (non-hydrogen) atoms. The lowest BCUT2D eigenvalue weighted by atomic mass is 10.1. The monoisotopic (exact) mass is 222 g/mol. The minimum absolute atomic E-state index is 0.126. The van der Waals surface area contributed by atoms with E-state index in [0.717, 1.165) is 30.1 Å². The molecule has 0 radical (unpaired) electrons. The zero-order valence-corrected chi connectivity index (χ0v) is 9.08. The summed E-state index contributed by atoms with van der Waals surface area (Å²) < 4.78 is 8.85. The van der Waals surface area contributed by atoms with Crippen molar-refractivity contribution in [1.82, 2.24) is 9.59 Å². The Hall–Kier alpha value is -1.49. The van der Waals surface area contributed by atoms with Gasteiger partial charge in [-0.1, -0.05) is 17.8 Å². The normalized spacial score (nSPS) is 10.5. The largest absolute Gasteiger partial charge is 0.461 e. The van der Waals surface area contributed by atoms with Crippen LogP contribution in [0.3, 0.4) is 0 Å². The van der Waals surface area contributed by atoms with E-state index in [1.165, 1.54) is 6.26 Å². The predicted molar refractivity (Wildman–Crippen MR) is 56.0 cm³/mol. The van der Waals surface area contributed by atoms with Crippen LogP contribution in [-0.2, 0) is 6.42 Å². The minimum atomic E-state index is -0.126. The Balaban J connectivity index is 2.29. The highest BCUT2D eigenvalue weighted by Crippen LogP contribution is 2.17. The summed E-state index contributed by atoms with van der Waals surface area (Å²) in [6.07, 6.45) is 3.21. The maximum absolute atomic E-state index is 11.9. The van der Waals surface area contributed by atoms with Crippen LogP contribution in [0.1, 0.15) is 34.5 Å². The van der Waals surface area contributed by atoms with Crippen LogP contribution >= 0.6 is 11.5 Å². The average Bonchev–Trinajstić information content (AvgIpc) is 2.87. The summed E-state index contributed by atoms with van der Waals surface area (Å²) in [5, 5.41) is 3.94. The maximum atomic E-state index is 11.9. The van der Waals surface area contributed by atoms with Crippen LogP contribution in [0.25, 0.3) is 0 Å². The molecule has 0 aromatic carbocycles. The van der Waals surface area contributed by atoms with Gasteiger partial charge in [-0.05, 0) is 30.1 Å². The lowest BCUT2D eigenvalue weighted by Crippen LogP contribution is -2.01. The summed E-state index contributed by atoms with van der Waals surface area (Å²) in [6, 6.07) is 3.35. The van der Waals surface area contributed by atoms with Crippen molar-refractivity contribution in [2.45, 2.75) is 19.8 Å². The van der Waals surface area contributed by atoms with Gasteiger partial charge in [-0.15, -0.1) is 5.10 Å². The predicted octanol–water partition coefficient (Wildman–Crippen LogP) is 2.31. The molecule has 0 aliphatic heterocycles. The Bertz CT molecular complexity index is 448. The van der Waals surface area contributed by atoms with Gasteiger partial charge in [0.2, 0.25) is 5.78 Å². The van der Waals surface area contributed by atoms with Gasteiger partial charge in [-0.3, -0.25) is 4.79 Å². The molecule has 78 valence electrons. The standard InChI is InChI=1S/C10H10N2O2S/c1-2-4-7-10(15-12-11-7)9(13)8-5-3-6-14-8/h3,5-6H,2,4H2,1H3. The number of ketones is 1. The second-order valence-corrected chi connectivity index (χ2v) is 3.86. The van der Waals surface area contributed by atoms with Crippen molar-refractivity contribution in [2.24, 2.45) is 0 Å². The fourth-order valence-electron chi connectivity index (χ4n) is 1.30. The lowest BCUT2D eigenvalue weighted by molar-refractivity contribution is 0.101. The molecule has 2 rings (SSSR count). The van der Waals surface area contributed by atoms with Crippen LogP contribution in [0.2, 0.25) is 0 Å². The molecule has 0 bridgehead atoms. The fraction of sp³-hybridized carbons (Fsp3) is 0.300. The van der Waals surface area contributed by atoms with E-state index in [1.807, 2.05) is 6.92 Å². The van der Waals surface area contributed by atoms with E-state index in [9.17, 15) is 4.79 Å². The van der Waals surface area contributed by atoms with E-state index in [2.05, 4.69) is 9.59 Å². The van der Waals surface area contributed by atoms with Crippen molar-refractivity contribution >= 4 is 17.3 Å². The van der Waals surface area contributed by atoms with Crippen LogP contribution < -0.4 is 0 Å². The highest BCUT2D eigenvalue weighted by atomic mass is 32.1. The van der Waals surface area contributed by atoms with Gasteiger partial charge < -0.3 is 4.42 Å². The average molecular weight is 222 g/mol. The number of carbonyl (C=O) groups excluding carboxylic acids is 1. The molecule has 2 aromatic rings. The number of rotatable bonds is 4. The summed E-state index contributed by atoms with van der Waals surface area (Å²) in [5.41, 5.74) is 0.768. The summed E-state index contributed by atoms with van der Waals surface area (Å²) in [4.78, 5) is 12.5. The summed E-state index contributed by atoms with van der Waals surface area (Å²) in [5.74, 6) is 0.219. The van der Waals surface area contributed by atoms with Crippen molar-refractivity contribution in [3.05, 3.63) is 34.7 Å². The Morgan fingerprint density at radius 2 is 2.47 bits per heavy atom. The van der Waals surface area contributed by atoms with Crippen molar-refractivity contribution in [1.29, 1.82) is 0 Å². The third-order valence-corrected chi connectivity index (χ3v) is 2.76. The van der Waals surface area contributed by atoms with Crippen molar-refractivity contribution in [3.63, 3.8) is 0 Å². The molecule has 4 nitrogen and oxygen atoms in total. The van der Waals surface area contributed by atoms with Gasteiger partial charge in [0.15, 0.2) is 5.76 Å². The van der Waals surface area contributed by atoms with Crippen LogP contribution in [0, 0.1) is 0 Å². The van der Waals surface area contributed by atoms with Crippen LogP contribution in [0.15, 0.2) is 22.8 Å². The third kappa shape index (κ3) is 1.97. The molecule has 0 aliphatic carbocycles. The first-order chi connectivity index (χ1) is 7.33. The number of nitrogens with zero attached hydrogens (tertiary/aromatic N) is 2. The Kier molecular flexibility index (Phi) is 2.91. The molecule has 0 N–H and O–H groups in total. The van der Waals surface area contributed by atoms with Gasteiger partial charge >= 0.3 is 0 Å². The number of aryl methyl sites for hydroxylation is 1. The van der Waals surface area contributed by atoms with Crippen LogP contribution in [0.5, 0.6) is 0 Å². The highest BCUT2D eigenvalue weighted by molar-refractivity contribution is 7.08. The molecule has 2 heterocycles. The fourth-order valence-corrected chi connectivity index (χ4v) is 1.95. The van der Waals surface area contributed by atoms with Crippen molar-refractivity contribution in [3.8, 4) is 0 Å². The summed E-state index contributed by atoms with van der Waals surface area (Å²) in [7, 11) is 0. The number of furan rings is 1. The van der Waals surface area contributed by atoms with Crippen molar-refractivity contribution < 1.29 is 9.21 Å². The quantitative estimate of drug-likeness (QED) is 0.745. The molecule has 0 saturated heterocycles. The summed E-state index contributed by atoms with van der Waals surface area (Å²) in [6.45, 7) is 2.04. The molecule has 5 heteroatoms. The second-order valence-electron chi connectivity index (χ2n) is 3.11. The van der Waals surface area contributed by atoms with Gasteiger partial charge in [0.05, 0.1) is 12.0 Å². The second kappa shape index (κ2) is 4.35. The molecular weight excluding hydrogens is 212 g/mol. The van der Waals surface area contributed by atoms with Crippen molar-refractivity contribution in [2.75, 3.05) is 0 Å². The van der Waals surface area contributed by atoms with Gasteiger partial charge in [0, 0.05) is 0 Å². The Morgan fingerprint density at radius 3 is 3.13 bits per heavy atom. The first kappa shape index (κ1) is 10.0. The van der Waals surface area contributed by atoms with E-state index in [4.69, 9.17) is 4.42 Å². The Morgan fingerprint density at radius 1 is 1.60 bits per heavy atom. The molecule has 0 aliphatic rings. The third-order valence-electron chi connectivity index (χ3n) is 1.99. The van der Waals surface area contributed by atoms with Gasteiger partial charge in [-0.2, -0.15) is 0 Å². The topological polar surface area (TPSA) is 56.0 Å². The smallest absolute Gasteiger partial charge is 0.241 e. The zero-order chi connectivity index (χ0) is 10.7. The van der Waals surface area contributed by atoms with E-state index in [1.54, 1.807) is 12.1 Å². The van der Waals surface area contributed by atoms with Crippen LogP contribution in [-0.4, -0.2) is 15.4 Å². The highest BCUT2D eigenvalue weighted by Gasteiger charge is 2.19. The SMILES string of the molecule is CCCc1nnsc1C(=O)c1ccco1. The first-order valence-electron chi connectivity index (χ1n) is 4.72. The van der Waals surface area contributed by atoms with Crippen LogP contribution in [0.4, 0.5) is 0 Å². The van der Waals surface area contributed by atoms with E-state index < -0.39 is 0 Å². The zero-order valence-electron chi connectivity index (χ0n) is 8.27. The number of carbonyl (C=O) groups is 1. The molecule has 0 fully saturated rings. The summed E-state index contributed by atoms with van der Waals surface area (Å²) >= 11 is 1.13. The number of hydrogen-bond donors (Lipinski definition) is 0. The van der Waals surface area contributed by atoms with E-state index in [-0.39, 0.29) is 5.78 Å². The lowest BCUT2D eigenvalue weighted by Gasteiger charge is -1.95. The van der Waals surface area contributed by atoms with E-state index in [0.29, 0.717) is 10.6 Å². The molecule has 0 unspecified atom stereocenters. The maximum Gasteiger partial charge on any atom is 0.241 e. The molecule has 0 atom stereocenters. The molecule has 0 amide bonds. The van der Waals surface area contributed by atoms with Gasteiger partial charge in [0.1, 0.15) is 4.88 Å². The molecule has 0 spiro atoms. The first-order valence-corrected chi connectivity index (χ1v) is 5.49.